The van der Waals surface area contributed by atoms with Crippen LogP contribution in [0.5, 0.6) is 0 Å². The molecule has 10 heteroatoms. The molecule has 3 aromatic heterocycles. The van der Waals surface area contributed by atoms with Gasteiger partial charge in [0, 0.05) is 58.0 Å². The van der Waals surface area contributed by atoms with Crippen molar-refractivity contribution in [2.24, 2.45) is 0 Å². The van der Waals surface area contributed by atoms with Crippen LogP contribution in [0.15, 0.2) is 29.3 Å². The highest BCUT2D eigenvalue weighted by Gasteiger charge is 2.35. The molecular formula is C26H35N7O3. The lowest BCUT2D eigenvalue weighted by atomic mass is 9.99. The van der Waals surface area contributed by atoms with Crippen molar-refractivity contribution in [2.45, 2.75) is 51.4 Å². The molecule has 5 rings (SSSR count). The number of pyridine rings is 2. The molecule has 0 atom stereocenters. The van der Waals surface area contributed by atoms with Crippen LogP contribution in [0.2, 0.25) is 0 Å². The van der Waals surface area contributed by atoms with Crippen molar-refractivity contribution in [2.75, 3.05) is 50.6 Å². The molecule has 0 radical (unpaired) electrons. The number of hydrogen-bond donors (Lipinski definition) is 2. The molecule has 0 unspecified atom stereocenters. The number of anilines is 3. The van der Waals surface area contributed by atoms with Gasteiger partial charge in [-0.05, 0) is 44.4 Å². The normalized spacial score (nSPS) is 17.2. The highest BCUT2D eigenvalue weighted by Crippen LogP contribution is 2.35. The maximum Gasteiger partial charge on any atom is 0.261 e. The van der Waals surface area contributed by atoms with E-state index in [-0.39, 0.29) is 11.6 Å². The van der Waals surface area contributed by atoms with Gasteiger partial charge in [-0.3, -0.25) is 9.36 Å². The van der Waals surface area contributed by atoms with E-state index in [2.05, 4.69) is 31.6 Å². The van der Waals surface area contributed by atoms with Crippen molar-refractivity contribution in [3.63, 3.8) is 0 Å². The fraction of sp³-hybridized carbons (Fsp3) is 0.538. The van der Waals surface area contributed by atoms with Crippen LogP contribution in [-0.2, 0) is 15.3 Å². The van der Waals surface area contributed by atoms with Gasteiger partial charge in [0.1, 0.15) is 11.5 Å². The van der Waals surface area contributed by atoms with Gasteiger partial charge in [0.05, 0.1) is 17.4 Å². The molecular weight excluding hydrogens is 458 g/mol. The van der Waals surface area contributed by atoms with Crippen LogP contribution in [0, 0.1) is 6.92 Å². The Hall–Kier alpha value is -3.08. The minimum atomic E-state index is -1.16. The van der Waals surface area contributed by atoms with Gasteiger partial charge in [0.2, 0.25) is 5.95 Å². The molecule has 3 aromatic rings. The second-order valence-corrected chi connectivity index (χ2v) is 9.66. The van der Waals surface area contributed by atoms with E-state index in [1.54, 1.807) is 27.3 Å². The van der Waals surface area contributed by atoms with Gasteiger partial charge in [0.15, 0.2) is 5.79 Å². The third-order valence-electron chi connectivity index (χ3n) is 7.60. The summed E-state index contributed by atoms with van der Waals surface area (Å²) in [5.74, 6) is -0.102. The van der Waals surface area contributed by atoms with Gasteiger partial charge < -0.3 is 25.0 Å². The predicted octanol–water partition coefficient (Wildman–Crippen LogP) is 3.23. The van der Waals surface area contributed by atoms with E-state index < -0.39 is 5.79 Å². The molecule has 1 saturated carbocycles. The molecule has 2 N–H and O–H groups in total. The van der Waals surface area contributed by atoms with Gasteiger partial charge in [-0.1, -0.05) is 12.8 Å². The van der Waals surface area contributed by atoms with Crippen LogP contribution in [0.1, 0.15) is 49.8 Å². The van der Waals surface area contributed by atoms with E-state index in [0.717, 1.165) is 68.5 Å². The Morgan fingerprint density at radius 1 is 1.08 bits per heavy atom. The first-order valence-corrected chi connectivity index (χ1v) is 12.7. The SMILES string of the molecule is COC(C)(OC)c1c(C)c2cnc(Nc3ccc(N4CCNCC4)cn3)nc2n(C2CCCC2)c1=O. The number of nitrogens with one attached hydrogen (secondary N) is 2. The molecule has 0 bridgehead atoms. The quantitative estimate of drug-likeness (QED) is 0.480. The summed E-state index contributed by atoms with van der Waals surface area (Å²) < 4.78 is 13.1. The van der Waals surface area contributed by atoms with Crippen LogP contribution in [-0.4, -0.2) is 59.9 Å². The average molecular weight is 494 g/mol. The van der Waals surface area contributed by atoms with E-state index in [9.17, 15) is 4.79 Å². The molecule has 192 valence electrons. The lowest BCUT2D eigenvalue weighted by Gasteiger charge is -2.30. The maximum absolute atomic E-state index is 13.9. The lowest BCUT2D eigenvalue weighted by Crippen LogP contribution is -2.43. The van der Waals surface area contributed by atoms with Crippen molar-refractivity contribution in [3.05, 3.63) is 46.0 Å². The summed E-state index contributed by atoms with van der Waals surface area (Å²) in [7, 11) is 3.10. The van der Waals surface area contributed by atoms with Crippen LogP contribution in [0.3, 0.4) is 0 Å². The number of methoxy groups -OCH3 is 2. The fourth-order valence-corrected chi connectivity index (χ4v) is 5.40. The average Bonchev–Trinajstić information content (AvgIpc) is 3.44. The first-order chi connectivity index (χ1) is 17.4. The lowest BCUT2D eigenvalue weighted by molar-refractivity contribution is -0.203. The van der Waals surface area contributed by atoms with Gasteiger partial charge >= 0.3 is 0 Å². The van der Waals surface area contributed by atoms with E-state index in [4.69, 9.17) is 14.5 Å². The molecule has 0 spiro atoms. The van der Waals surface area contributed by atoms with Gasteiger partial charge in [-0.25, -0.2) is 9.97 Å². The van der Waals surface area contributed by atoms with E-state index >= 15 is 0 Å². The van der Waals surface area contributed by atoms with Gasteiger partial charge in [-0.15, -0.1) is 0 Å². The van der Waals surface area contributed by atoms with E-state index in [1.165, 1.54) is 0 Å². The zero-order valence-corrected chi connectivity index (χ0v) is 21.5. The topological polar surface area (TPSA) is 106 Å². The molecule has 0 amide bonds. The van der Waals surface area contributed by atoms with Crippen molar-refractivity contribution < 1.29 is 9.47 Å². The Kier molecular flexibility index (Phi) is 6.92. The van der Waals surface area contributed by atoms with Crippen LogP contribution in [0.25, 0.3) is 11.0 Å². The third kappa shape index (κ3) is 4.44. The fourth-order valence-electron chi connectivity index (χ4n) is 5.40. The van der Waals surface area contributed by atoms with Crippen molar-refractivity contribution in [3.8, 4) is 0 Å². The summed E-state index contributed by atoms with van der Waals surface area (Å²) in [6, 6.07) is 4.07. The Morgan fingerprint density at radius 2 is 1.81 bits per heavy atom. The number of aromatic nitrogens is 4. The van der Waals surface area contributed by atoms with Crippen LogP contribution < -0.4 is 21.1 Å². The maximum atomic E-state index is 13.9. The number of rotatable bonds is 7. The van der Waals surface area contributed by atoms with Gasteiger partial charge in [-0.2, -0.15) is 4.98 Å². The number of ether oxygens (including phenoxy) is 2. The van der Waals surface area contributed by atoms with Crippen LogP contribution in [0.4, 0.5) is 17.5 Å². The van der Waals surface area contributed by atoms with Gasteiger partial charge in [0.25, 0.3) is 5.56 Å². The number of piperazine rings is 1. The molecule has 1 aliphatic heterocycles. The van der Waals surface area contributed by atoms with Crippen molar-refractivity contribution in [1.29, 1.82) is 0 Å². The first-order valence-electron chi connectivity index (χ1n) is 12.7. The zero-order valence-electron chi connectivity index (χ0n) is 21.5. The second-order valence-electron chi connectivity index (χ2n) is 9.66. The largest absolute Gasteiger partial charge is 0.368 e. The number of nitrogens with zero attached hydrogens (tertiary/aromatic N) is 5. The van der Waals surface area contributed by atoms with E-state index in [1.807, 2.05) is 23.8 Å². The Balaban J connectivity index is 1.54. The third-order valence-corrected chi connectivity index (χ3v) is 7.60. The smallest absolute Gasteiger partial charge is 0.261 e. The first kappa shape index (κ1) is 24.6. The molecule has 2 aliphatic rings. The Bertz CT molecular complexity index is 1280. The summed E-state index contributed by atoms with van der Waals surface area (Å²) in [5, 5.41) is 7.40. The number of fused-ring (bicyclic) bond motifs is 1. The molecule has 1 saturated heterocycles. The molecule has 1 aliphatic carbocycles. The minimum Gasteiger partial charge on any atom is -0.368 e. The summed E-state index contributed by atoms with van der Waals surface area (Å²) in [4.78, 5) is 30.2. The molecule has 2 fully saturated rings. The summed E-state index contributed by atoms with van der Waals surface area (Å²) in [5.41, 5.74) is 2.85. The van der Waals surface area contributed by atoms with Crippen molar-refractivity contribution in [1.82, 2.24) is 24.8 Å². The zero-order chi connectivity index (χ0) is 25.3. The monoisotopic (exact) mass is 493 g/mol. The summed E-state index contributed by atoms with van der Waals surface area (Å²) in [6.45, 7) is 7.56. The number of hydrogen-bond acceptors (Lipinski definition) is 9. The predicted molar refractivity (Wildman–Crippen MR) is 140 cm³/mol. The highest BCUT2D eigenvalue weighted by molar-refractivity contribution is 5.81. The highest BCUT2D eigenvalue weighted by atomic mass is 16.7. The summed E-state index contributed by atoms with van der Waals surface area (Å²) >= 11 is 0. The molecule has 10 nitrogen and oxygen atoms in total. The molecule has 0 aromatic carbocycles. The Labute approximate surface area is 211 Å². The van der Waals surface area contributed by atoms with Crippen LogP contribution >= 0.6 is 0 Å². The standard InChI is InChI=1S/C26H35N7O3/c1-17-20-16-29-25(30-21-10-9-19(15-28-21)32-13-11-27-12-14-32)31-23(20)33(18-7-5-6-8-18)24(34)22(17)26(2,35-3)36-4/h9-10,15-16,18,27H,5-8,11-14H2,1-4H3,(H,28,29,30,31). The minimum absolute atomic E-state index is 0.0801. The molecule has 36 heavy (non-hydrogen) atoms. The van der Waals surface area contributed by atoms with Crippen molar-refractivity contribution >= 4 is 28.5 Å². The van der Waals surface area contributed by atoms with E-state index in [0.29, 0.717) is 23.0 Å². The second kappa shape index (κ2) is 10.1. The molecule has 4 heterocycles. The Morgan fingerprint density at radius 3 is 2.44 bits per heavy atom. The number of aryl methyl sites for hydroxylation is 1. The summed E-state index contributed by atoms with van der Waals surface area (Å²) in [6.07, 6.45) is 7.71.